The van der Waals surface area contributed by atoms with E-state index in [1.807, 2.05) is 24.3 Å². The number of hydrogen-bond acceptors (Lipinski definition) is 5. The molecule has 5 rings (SSSR count). The molecule has 1 spiro atoms. The maximum atomic E-state index is 13.5. The molecule has 0 aliphatic carbocycles. The monoisotopic (exact) mass is 470 g/mol. The first kappa shape index (κ1) is 23.1. The Hall–Kier alpha value is -3.64. The number of allylic oxidation sites excluding steroid dienone is 2. The van der Waals surface area contributed by atoms with Gasteiger partial charge in [0.2, 0.25) is 0 Å². The lowest BCUT2D eigenvalue weighted by Gasteiger charge is -2.50. The van der Waals surface area contributed by atoms with Gasteiger partial charge >= 0.3 is 0 Å². The Morgan fingerprint density at radius 2 is 1.86 bits per heavy atom. The van der Waals surface area contributed by atoms with Crippen LogP contribution in [0.1, 0.15) is 18.4 Å². The highest BCUT2D eigenvalue weighted by Crippen LogP contribution is 2.45. The average Bonchev–Trinajstić information content (AvgIpc) is 2.88. The maximum absolute atomic E-state index is 13.5. The number of methoxy groups -OCH3 is 1. The van der Waals surface area contributed by atoms with Gasteiger partial charge in [-0.15, -0.1) is 0 Å². The summed E-state index contributed by atoms with van der Waals surface area (Å²) in [6, 6.07) is 16.0. The second-order valence-corrected chi connectivity index (χ2v) is 9.30. The Balaban J connectivity index is 1.30. The summed E-state index contributed by atoms with van der Waals surface area (Å²) in [5.74, 6) is 0.535. The van der Waals surface area contributed by atoms with Gasteiger partial charge in [0.15, 0.2) is 0 Å². The number of likely N-dealkylation sites (tertiary alicyclic amines) is 1. The Labute approximate surface area is 206 Å². The molecule has 3 aromatic rings. The summed E-state index contributed by atoms with van der Waals surface area (Å²) in [6.45, 7) is 6.81. The van der Waals surface area contributed by atoms with Gasteiger partial charge in [-0.05, 0) is 48.2 Å². The number of aromatic nitrogens is 1. The number of likely N-dealkylation sites (N-methyl/N-ethyl adjacent to an activating group) is 1. The van der Waals surface area contributed by atoms with E-state index in [1.54, 1.807) is 13.3 Å². The first-order valence-corrected chi connectivity index (χ1v) is 12.0. The molecule has 2 aliphatic heterocycles. The third-order valence-electron chi connectivity index (χ3n) is 7.17. The minimum atomic E-state index is -0.318. The summed E-state index contributed by atoms with van der Waals surface area (Å²) in [5, 5.41) is 3.87. The lowest BCUT2D eigenvalue weighted by Crippen LogP contribution is -2.55. The highest BCUT2D eigenvalue weighted by atomic mass is 19.1. The number of nitrogens with one attached hydrogen (secondary N) is 1. The number of fused-ring (bicyclic) bond motifs is 1. The molecule has 0 radical (unpaired) electrons. The van der Waals surface area contributed by atoms with Crippen LogP contribution in [0.5, 0.6) is 5.75 Å². The minimum absolute atomic E-state index is 0.146. The van der Waals surface area contributed by atoms with E-state index in [1.165, 1.54) is 23.5 Å². The van der Waals surface area contributed by atoms with Gasteiger partial charge in [0.1, 0.15) is 11.6 Å². The fraction of sp³-hybridized carbons (Fsp3) is 0.276. The molecule has 6 heteroatoms. The van der Waals surface area contributed by atoms with E-state index in [-0.39, 0.29) is 11.4 Å². The summed E-state index contributed by atoms with van der Waals surface area (Å²) >= 11 is 0. The molecule has 0 saturated carbocycles. The topological polar surface area (TPSA) is 40.6 Å². The third-order valence-corrected chi connectivity index (χ3v) is 7.17. The van der Waals surface area contributed by atoms with Crippen LogP contribution >= 0.6 is 0 Å². The molecule has 3 heterocycles. The van der Waals surface area contributed by atoms with Crippen molar-refractivity contribution in [3.63, 3.8) is 0 Å². The largest absolute Gasteiger partial charge is 0.497 e. The number of pyridine rings is 1. The molecular formula is C29H31FN4O. The lowest BCUT2D eigenvalue weighted by molar-refractivity contribution is 0.180. The number of benzene rings is 2. The summed E-state index contributed by atoms with van der Waals surface area (Å²) in [5.41, 5.74) is 6.36. The Bertz CT molecular complexity index is 1250. The Morgan fingerprint density at radius 1 is 1.09 bits per heavy atom. The number of anilines is 2. The number of ether oxygens (including phenoxy) is 1. The zero-order valence-corrected chi connectivity index (χ0v) is 20.3. The number of hydrogen-bond donors (Lipinski definition) is 1. The van der Waals surface area contributed by atoms with Crippen LogP contribution in [0.2, 0.25) is 0 Å². The molecule has 2 aromatic carbocycles. The normalized spacial score (nSPS) is 18.3. The van der Waals surface area contributed by atoms with Gasteiger partial charge in [0.05, 0.1) is 30.2 Å². The molecular weight excluding hydrogens is 439 g/mol. The van der Waals surface area contributed by atoms with Crippen molar-refractivity contribution in [2.24, 2.45) is 0 Å². The highest BCUT2D eigenvalue weighted by molar-refractivity contribution is 5.79. The van der Waals surface area contributed by atoms with Crippen molar-refractivity contribution in [3.05, 3.63) is 96.7 Å². The van der Waals surface area contributed by atoms with Crippen LogP contribution in [0.3, 0.4) is 0 Å². The average molecular weight is 471 g/mol. The van der Waals surface area contributed by atoms with Crippen molar-refractivity contribution in [2.75, 3.05) is 37.5 Å². The van der Waals surface area contributed by atoms with Crippen LogP contribution < -0.4 is 15.0 Å². The van der Waals surface area contributed by atoms with Gasteiger partial charge < -0.3 is 15.0 Å². The van der Waals surface area contributed by atoms with Crippen molar-refractivity contribution in [1.29, 1.82) is 0 Å². The van der Waals surface area contributed by atoms with Crippen LogP contribution in [-0.4, -0.2) is 42.7 Å². The van der Waals surface area contributed by atoms with E-state index in [0.717, 1.165) is 60.7 Å². The van der Waals surface area contributed by atoms with E-state index in [9.17, 15) is 4.39 Å². The Morgan fingerprint density at radius 3 is 2.54 bits per heavy atom. The molecule has 1 aromatic heterocycles. The van der Waals surface area contributed by atoms with Crippen molar-refractivity contribution >= 4 is 11.4 Å². The third kappa shape index (κ3) is 4.54. The van der Waals surface area contributed by atoms with Gasteiger partial charge in [0, 0.05) is 50.2 Å². The zero-order chi connectivity index (χ0) is 24.4. The SMILES string of the molecule is C=C/C=C1\N(C)c2ccc(OC)cc2NC12CCN(Cc1ccc(-c3cncc(F)c3)cc1)CC2. The van der Waals surface area contributed by atoms with Crippen molar-refractivity contribution < 1.29 is 9.13 Å². The van der Waals surface area contributed by atoms with Crippen molar-refractivity contribution in [2.45, 2.75) is 24.9 Å². The van der Waals surface area contributed by atoms with E-state index >= 15 is 0 Å². The van der Waals surface area contributed by atoms with Gasteiger partial charge in [-0.2, -0.15) is 0 Å². The standard InChI is InChI=1S/C29H31FN4O/c1-4-5-28-29(32-26-17-25(35-3)10-11-27(26)33(28)2)12-14-34(15-13-29)20-21-6-8-22(9-7-21)23-16-24(30)19-31-18-23/h4-11,16-19,32H,1,12-15,20H2,2-3H3/b28-5-. The van der Waals surface area contributed by atoms with E-state index < -0.39 is 0 Å². The van der Waals surface area contributed by atoms with Gasteiger partial charge in [-0.25, -0.2) is 4.39 Å². The summed E-state index contributed by atoms with van der Waals surface area (Å²) in [7, 11) is 3.83. The summed E-state index contributed by atoms with van der Waals surface area (Å²) < 4.78 is 19.0. The second kappa shape index (κ2) is 9.55. The zero-order valence-electron chi connectivity index (χ0n) is 20.3. The van der Waals surface area contributed by atoms with Crippen LogP contribution in [-0.2, 0) is 6.54 Å². The van der Waals surface area contributed by atoms with Crippen LogP contribution in [0, 0.1) is 5.82 Å². The first-order valence-electron chi connectivity index (χ1n) is 12.0. The quantitative estimate of drug-likeness (QED) is 0.506. The fourth-order valence-electron chi connectivity index (χ4n) is 5.29. The van der Waals surface area contributed by atoms with Crippen molar-refractivity contribution in [3.8, 4) is 16.9 Å². The van der Waals surface area contributed by atoms with E-state index in [2.05, 4.69) is 64.1 Å². The van der Waals surface area contributed by atoms with Crippen LogP contribution in [0.4, 0.5) is 15.8 Å². The molecule has 0 bridgehead atoms. The smallest absolute Gasteiger partial charge is 0.142 e. The molecule has 1 saturated heterocycles. The number of piperidine rings is 1. The van der Waals surface area contributed by atoms with Gasteiger partial charge in [-0.3, -0.25) is 9.88 Å². The molecule has 2 aliphatic rings. The predicted molar refractivity (Wildman–Crippen MR) is 140 cm³/mol. The molecule has 1 fully saturated rings. The van der Waals surface area contributed by atoms with Crippen LogP contribution in [0.25, 0.3) is 11.1 Å². The molecule has 0 amide bonds. The van der Waals surface area contributed by atoms with E-state index in [4.69, 9.17) is 4.74 Å². The molecule has 35 heavy (non-hydrogen) atoms. The van der Waals surface area contributed by atoms with E-state index in [0.29, 0.717) is 0 Å². The molecule has 5 nitrogen and oxygen atoms in total. The molecule has 0 atom stereocenters. The second-order valence-electron chi connectivity index (χ2n) is 9.30. The van der Waals surface area contributed by atoms with Crippen molar-refractivity contribution in [1.82, 2.24) is 9.88 Å². The number of nitrogens with zero attached hydrogens (tertiary/aromatic N) is 3. The first-order chi connectivity index (χ1) is 17.0. The minimum Gasteiger partial charge on any atom is -0.497 e. The van der Waals surface area contributed by atoms with Gasteiger partial charge in [-0.1, -0.05) is 36.9 Å². The lowest BCUT2D eigenvalue weighted by atomic mass is 9.81. The molecule has 0 unspecified atom stereocenters. The summed E-state index contributed by atoms with van der Waals surface area (Å²) in [4.78, 5) is 8.73. The summed E-state index contributed by atoms with van der Waals surface area (Å²) in [6.07, 6.45) is 8.91. The Kier molecular flexibility index (Phi) is 6.31. The van der Waals surface area contributed by atoms with Gasteiger partial charge in [0.25, 0.3) is 0 Å². The molecule has 180 valence electrons. The number of rotatable bonds is 5. The highest BCUT2D eigenvalue weighted by Gasteiger charge is 2.43. The van der Waals surface area contributed by atoms with Crippen LogP contribution in [0.15, 0.2) is 85.4 Å². The number of halogens is 1. The molecule has 1 N–H and O–H groups in total. The predicted octanol–water partition coefficient (Wildman–Crippen LogP) is 5.86. The fourth-order valence-corrected chi connectivity index (χ4v) is 5.29. The maximum Gasteiger partial charge on any atom is 0.142 e.